The summed E-state index contributed by atoms with van der Waals surface area (Å²) in [5, 5.41) is 29.7. The van der Waals surface area contributed by atoms with Gasteiger partial charge in [0.25, 0.3) is 0 Å². The fourth-order valence-electron chi connectivity index (χ4n) is 1.93. The molecule has 1 amide bonds. The van der Waals surface area contributed by atoms with Crippen molar-refractivity contribution in [2.75, 3.05) is 0 Å². The van der Waals surface area contributed by atoms with Gasteiger partial charge in [0, 0.05) is 12.8 Å². The van der Waals surface area contributed by atoms with Crippen molar-refractivity contribution in [2.24, 2.45) is 0 Å². The second kappa shape index (κ2) is 11.1. The summed E-state index contributed by atoms with van der Waals surface area (Å²) in [6, 6.07) is -0.740. The third-order valence-electron chi connectivity index (χ3n) is 3.37. The molecule has 3 atom stereocenters. The molecule has 22 heavy (non-hydrogen) atoms. The largest absolute Gasteiger partial charge is 0.479 e. The molecule has 0 rings (SSSR count). The highest BCUT2D eigenvalue weighted by atomic mass is 16.4. The number of aliphatic hydroxyl groups is 2. The maximum atomic E-state index is 11.8. The highest BCUT2D eigenvalue weighted by Crippen LogP contribution is 2.08. The summed E-state index contributed by atoms with van der Waals surface area (Å²) in [5.74, 6) is -2.15. The number of unbranched alkanes of at least 4 members (excludes halogenated alkanes) is 2. The normalized spacial score (nSPS) is 14.9. The zero-order valence-electron chi connectivity index (χ0n) is 13.2. The van der Waals surface area contributed by atoms with Crippen molar-refractivity contribution in [1.29, 1.82) is 0 Å². The van der Waals surface area contributed by atoms with Gasteiger partial charge in [0.1, 0.15) is 0 Å². The molecular formula is C15H27NO6. The summed E-state index contributed by atoms with van der Waals surface area (Å²) in [7, 11) is 0. The van der Waals surface area contributed by atoms with Crippen molar-refractivity contribution in [2.45, 2.75) is 77.0 Å². The Hall–Kier alpha value is -1.47. The predicted molar refractivity (Wildman–Crippen MR) is 80.3 cm³/mol. The van der Waals surface area contributed by atoms with Crippen LogP contribution in [0.1, 0.15) is 58.8 Å². The Morgan fingerprint density at radius 3 is 2.27 bits per heavy atom. The van der Waals surface area contributed by atoms with E-state index in [-0.39, 0.29) is 25.0 Å². The van der Waals surface area contributed by atoms with E-state index >= 15 is 0 Å². The van der Waals surface area contributed by atoms with Crippen LogP contribution in [0.25, 0.3) is 0 Å². The average Bonchev–Trinajstić information content (AvgIpc) is 2.44. The minimum absolute atomic E-state index is 0.0110. The molecule has 4 N–H and O–H groups in total. The van der Waals surface area contributed by atoms with Gasteiger partial charge in [-0.1, -0.05) is 26.2 Å². The highest BCUT2D eigenvalue weighted by molar-refractivity contribution is 5.89. The van der Waals surface area contributed by atoms with Crippen LogP contribution in [0.5, 0.6) is 0 Å². The molecule has 0 radical (unpaired) electrons. The maximum Gasteiger partial charge on any atom is 0.332 e. The van der Waals surface area contributed by atoms with Gasteiger partial charge in [0.2, 0.25) is 5.91 Å². The van der Waals surface area contributed by atoms with Gasteiger partial charge in [-0.25, -0.2) is 4.79 Å². The first-order chi connectivity index (χ1) is 10.3. The molecule has 0 aromatic heterocycles. The molecule has 0 heterocycles. The number of carbonyl (C=O) groups excluding carboxylic acids is 2. The van der Waals surface area contributed by atoms with E-state index in [1.165, 1.54) is 6.92 Å². The van der Waals surface area contributed by atoms with E-state index < -0.39 is 30.1 Å². The number of aliphatic carboxylic acids is 1. The summed E-state index contributed by atoms with van der Waals surface area (Å²) < 4.78 is 0. The quantitative estimate of drug-likeness (QED) is 0.391. The number of amides is 1. The smallest absolute Gasteiger partial charge is 0.332 e. The van der Waals surface area contributed by atoms with Gasteiger partial charge in [-0.05, 0) is 19.8 Å². The minimum Gasteiger partial charge on any atom is -0.479 e. The molecule has 0 bridgehead atoms. The fourth-order valence-corrected chi connectivity index (χ4v) is 1.93. The Morgan fingerprint density at radius 2 is 1.73 bits per heavy atom. The lowest BCUT2D eigenvalue weighted by Gasteiger charge is -2.16. The second-order valence-electron chi connectivity index (χ2n) is 5.50. The van der Waals surface area contributed by atoms with E-state index in [1.54, 1.807) is 0 Å². The number of aliphatic hydroxyl groups excluding tert-OH is 2. The second-order valence-corrected chi connectivity index (χ2v) is 5.50. The molecule has 128 valence electrons. The van der Waals surface area contributed by atoms with Crippen molar-refractivity contribution in [1.82, 2.24) is 5.32 Å². The molecule has 7 nitrogen and oxygen atoms in total. The average molecular weight is 317 g/mol. The molecule has 0 aliphatic carbocycles. The van der Waals surface area contributed by atoms with Crippen LogP contribution >= 0.6 is 0 Å². The van der Waals surface area contributed by atoms with Gasteiger partial charge >= 0.3 is 5.97 Å². The first kappa shape index (κ1) is 20.5. The first-order valence-electron chi connectivity index (χ1n) is 7.68. The first-order valence-corrected chi connectivity index (χ1v) is 7.68. The molecule has 0 aromatic rings. The van der Waals surface area contributed by atoms with Crippen LogP contribution in [0.3, 0.4) is 0 Å². The Kier molecular flexibility index (Phi) is 10.4. The van der Waals surface area contributed by atoms with Crippen molar-refractivity contribution >= 4 is 17.7 Å². The summed E-state index contributed by atoms with van der Waals surface area (Å²) in [4.78, 5) is 33.8. The van der Waals surface area contributed by atoms with E-state index in [4.69, 9.17) is 10.2 Å². The number of nitrogens with one attached hydrogen (secondary N) is 1. The van der Waals surface area contributed by atoms with Gasteiger partial charge < -0.3 is 20.6 Å². The molecule has 0 unspecified atom stereocenters. The number of ketones is 1. The summed E-state index contributed by atoms with van der Waals surface area (Å²) >= 11 is 0. The third-order valence-corrected chi connectivity index (χ3v) is 3.37. The lowest BCUT2D eigenvalue weighted by molar-refractivity contribution is -0.147. The number of Topliss-reactive ketones (excluding diaryl/α,β-unsaturated/α-hetero) is 1. The molecule has 0 aliphatic heterocycles. The lowest BCUT2D eigenvalue weighted by atomic mass is 10.0. The number of carbonyl (C=O) groups is 3. The predicted octanol–water partition coefficient (Wildman–Crippen LogP) is 0.617. The van der Waals surface area contributed by atoms with Gasteiger partial charge in [-0.2, -0.15) is 0 Å². The monoisotopic (exact) mass is 317 g/mol. The molecule has 0 fully saturated rings. The molecule has 0 saturated heterocycles. The number of hydrogen-bond donors (Lipinski definition) is 4. The summed E-state index contributed by atoms with van der Waals surface area (Å²) in [5.41, 5.74) is 0. The lowest BCUT2D eigenvalue weighted by Crippen LogP contribution is -2.40. The van der Waals surface area contributed by atoms with Crippen LogP contribution in [0, 0.1) is 0 Å². The van der Waals surface area contributed by atoms with Crippen LogP contribution < -0.4 is 5.32 Å². The van der Waals surface area contributed by atoms with Crippen molar-refractivity contribution in [3.63, 3.8) is 0 Å². The van der Waals surface area contributed by atoms with E-state index in [2.05, 4.69) is 12.2 Å². The molecule has 0 saturated carbocycles. The third kappa shape index (κ3) is 9.46. The topological polar surface area (TPSA) is 124 Å². The van der Waals surface area contributed by atoms with Gasteiger partial charge in [0.05, 0.1) is 12.1 Å². The van der Waals surface area contributed by atoms with Crippen LogP contribution in [-0.2, 0) is 14.4 Å². The zero-order chi connectivity index (χ0) is 17.1. The molecule has 7 heteroatoms. The molecule has 0 aromatic carbocycles. The number of hydrogen-bond acceptors (Lipinski definition) is 5. The molecular weight excluding hydrogens is 290 g/mol. The number of rotatable bonds is 12. The fraction of sp³-hybridized carbons (Fsp3) is 0.800. The van der Waals surface area contributed by atoms with Crippen LogP contribution in [0.4, 0.5) is 0 Å². The molecule has 0 aliphatic rings. The maximum absolute atomic E-state index is 11.8. The number of carboxylic acids is 1. The van der Waals surface area contributed by atoms with Crippen LogP contribution in [0.15, 0.2) is 0 Å². The SMILES string of the molecule is CCCCC[C@@H](O)CC(=O)[C@H](C)NC(=O)CC[C@H](O)C(=O)O. The summed E-state index contributed by atoms with van der Waals surface area (Å²) in [6.45, 7) is 3.57. The van der Waals surface area contributed by atoms with E-state index in [0.717, 1.165) is 19.3 Å². The summed E-state index contributed by atoms with van der Waals surface area (Å²) in [6.07, 6.45) is 0.779. The molecule has 0 spiro atoms. The number of carboxylic acid groups (broad SMARTS) is 1. The standard InChI is InChI=1S/C15H27NO6/c1-3-4-5-6-11(17)9-13(19)10(2)16-14(20)8-7-12(18)15(21)22/h10-12,17-18H,3-9H2,1-2H3,(H,16,20)(H,21,22)/t10-,11+,12-/m0/s1. The van der Waals surface area contributed by atoms with Crippen molar-refractivity contribution < 1.29 is 29.7 Å². The highest BCUT2D eigenvalue weighted by Gasteiger charge is 2.20. The van der Waals surface area contributed by atoms with Crippen LogP contribution in [0.2, 0.25) is 0 Å². The Morgan fingerprint density at radius 1 is 1.09 bits per heavy atom. The van der Waals surface area contributed by atoms with E-state index in [1.807, 2.05) is 0 Å². The van der Waals surface area contributed by atoms with Crippen molar-refractivity contribution in [3.8, 4) is 0 Å². The van der Waals surface area contributed by atoms with E-state index in [9.17, 15) is 19.5 Å². The van der Waals surface area contributed by atoms with Crippen molar-refractivity contribution in [3.05, 3.63) is 0 Å². The Labute approximate surface area is 130 Å². The van der Waals surface area contributed by atoms with Gasteiger partial charge in [-0.15, -0.1) is 0 Å². The van der Waals surface area contributed by atoms with E-state index in [0.29, 0.717) is 6.42 Å². The van der Waals surface area contributed by atoms with Gasteiger partial charge in [0.15, 0.2) is 11.9 Å². The zero-order valence-corrected chi connectivity index (χ0v) is 13.2. The Balaban J connectivity index is 4.03. The Bertz CT molecular complexity index is 371. The van der Waals surface area contributed by atoms with Gasteiger partial charge in [-0.3, -0.25) is 9.59 Å². The minimum atomic E-state index is -1.59. The van der Waals surface area contributed by atoms with Crippen LogP contribution in [-0.4, -0.2) is 51.2 Å².